The van der Waals surface area contributed by atoms with Crippen LogP contribution in [0.1, 0.15) is 25.7 Å². The molecule has 0 spiro atoms. The minimum absolute atomic E-state index is 0.257. The number of nitrogens with one attached hydrogen (secondary N) is 2. The predicted octanol–water partition coefficient (Wildman–Crippen LogP) is -2.76. The summed E-state index contributed by atoms with van der Waals surface area (Å²) >= 11 is 0. The first-order chi connectivity index (χ1) is 9.43. The Balaban J connectivity index is 2.67. The molecule has 6 N–H and O–H groups in total. The molecule has 8 heteroatoms. The topological polar surface area (TPSA) is 139 Å². The van der Waals surface area contributed by atoms with Crippen molar-refractivity contribution in [2.45, 2.75) is 50.1 Å². The summed E-state index contributed by atoms with van der Waals surface area (Å²) in [6, 6.07) is 0. The molecule has 1 aliphatic rings. The van der Waals surface area contributed by atoms with Gasteiger partial charge in [-0.2, -0.15) is 0 Å². The van der Waals surface area contributed by atoms with Crippen LogP contribution >= 0.6 is 0 Å². The van der Waals surface area contributed by atoms with Gasteiger partial charge in [0, 0.05) is 19.5 Å². The van der Waals surface area contributed by atoms with E-state index in [4.69, 9.17) is 0 Å². The molecule has 4 unspecified atom stereocenters. The van der Waals surface area contributed by atoms with Crippen LogP contribution in [0.2, 0.25) is 0 Å². The minimum atomic E-state index is -1.83. The van der Waals surface area contributed by atoms with Gasteiger partial charge in [0.25, 0.3) is 5.91 Å². The summed E-state index contributed by atoms with van der Waals surface area (Å²) in [5.41, 5.74) is 0. The van der Waals surface area contributed by atoms with Gasteiger partial charge in [-0.3, -0.25) is 9.59 Å². The summed E-state index contributed by atoms with van der Waals surface area (Å²) in [6.45, 7) is 0.0499. The Hall–Kier alpha value is -1.22. The molecule has 1 saturated heterocycles. The van der Waals surface area contributed by atoms with Crippen molar-refractivity contribution in [2.75, 3.05) is 13.1 Å². The second kappa shape index (κ2) is 8.15. The van der Waals surface area contributed by atoms with Crippen molar-refractivity contribution in [1.29, 1.82) is 0 Å². The fourth-order valence-electron chi connectivity index (χ4n) is 1.90. The van der Waals surface area contributed by atoms with Gasteiger partial charge < -0.3 is 31.1 Å². The Morgan fingerprint density at radius 1 is 0.900 bits per heavy atom. The zero-order valence-corrected chi connectivity index (χ0v) is 11.2. The molecule has 1 aliphatic heterocycles. The lowest BCUT2D eigenvalue weighted by Crippen LogP contribution is -2.53. The molecular weight excluding hydrogens is 268 g/mol. The van der Waals surface area contributed by atoms with Gasteiger partial charge in [-0.1, -0.05) is 6.42 Å². The summed E-state index contributed by atoms with van der Waals surface area (Å²) < 4.78 is 0. The normalized spacial score (nSPS) is 34.8. The largest absolute Gasteiger partial charge is 0.388 e. The van der Waals surface area contributed by atoms with Gasteiger partial charge in [-0.25, -0.2) is 0 Å². The molecule has 1 heterocycles. The van der Waals surface area contributed by atoms with Gasteiger partial charge in [-0.15, -0.1) is 0 Å². The van der Waals surface area contributed by atoms with Crippen molar-refractivity contribution in [1.82, 2.24) is 10.6 Å². The van der Waals surface area contributed by atoms with E-state index in [-0.39, 0.29) is 12.5 Å². The Bertz CT molecular complexity index is 338. The highest BCUT2D eigenvalue weighted by molar-refractivity contribution is 5.81. The van der Waals surface area contributed by atoms with E-state index < -0.39 is 30.3 Å². The Kier molecular flexibility index (Phi) is 6.86. The van der Waals surface area contributed by atoms with Gasteiger partial charge in [-0.05, 0) is 12.8 Å². The van der Waals surface area contributed by atoms with Crippen LogP contribution in [0.4, 0.5) is 0 Å². The van der Waals surface area contributed by atoms with Gasteiger partial charge in [0.1, 0.15) is 12.2 Å². The molecule has 116 valence electrons. The fourth-order valence-corrected chi connectivity index (χ4v) is 1.90. The van der Waals surface area contributed by atoms with E-state index in [1.165, 1.54) is 0 Å². The van der Waals surface area contributed by atoms with E-state index in [1.807, 2.05) is 0 Å². The number of hydrogen-bond acceptors (Lipinski definition) is 6. The molecule has 0 radical (unpaired) electrons. The lowest BCUT2D eigenvalue weighted by atomic mass is 10.0. The smallest absolute Gasteiger partial charge is 0.251 e. The first-order valence-corrected chi connectivity index (χ1v) is 6.70. The van der Waals surface area contributed by atoms with Crippen molar-refractivity contribution >= 4 is 11.8 Å². The summed E-state index contributed by atoms with van der Waals surface area (Å²) in [5.74, 6) is -1.06. The van der Waals surface area contributed by atoms with E-state index in [9.17, 15) is 30.0 Å². The third kappa shape index (κ3) is 5.04. The fraction of sp³-hybridized carbons (Fsp3) is 0.833. The number of aliphatic hydroxyl groups excluding tert-OH is 4. The number of aliphatic hydroxyl groups is 4. The number of amides is 2. The van der Waals surface area contributed by atoms with E-state index in [0.717, 1.165) is 6.42 Å². The molecule has 0 saturated carbocycles. The van der Waals surface area contributed by atoms with Crippen LogP contribution in [0.5, 0.6) is 0 Å². The Labute approximate surface area is 116 Å². The number of carbonyl (C=O) groups is 2. The summed E-state index contributed by atoms with van der Waals surface area (Å²) in [7, 11) is 0. The first-order valence-electron chi connectivity index (χ1n) is 6.70. The van der Waals surface area contributed by atoms with Crippen molar-refractivity contribution < 1.29 is 30.0 Å². The highest BCUT2D eigenvalue weighted by atomic mass is 16.4. The number of carbonyl (C=O) groups excluding carboxylic acids is 2. The molecule has 0 aliphatic carbocycles. The second-order valence-electron chi connectivity index (χ2n) is 4.90. The average molecular weight is 290 g/mol. The highest BCUT2D eigenvalue weighted by Gasteiger charge is 2.34. The molecule has 20 heavy (non-hydrogen) atoms. The molecule has 4 atom stereocenters. The lowest BCUT2D eigenvalue weighted by molar-refractivity contribution is -0.147. The van der Waals surface area contributed by atoms with E-state index >= 15 is 0 Å². The van der Waals surface area contributed by atoms with Crippen LogP contribution in [0, 0.1) is 0 Å². The first kappa shape index (κ1) is 16.8. The van der Waals surface area contributed by atoms with Gasteiger partial charge in [0.2, 0.25) is 5.91 Å². The van der Waals surface area contributed by atoms with Crippen molar-refractivity contribution in [2.24, 2.45) is 0 Å². The van der Waals surface area contributed by atoms with Crippen LogP contribution in [-0.4, -0.2) is 69.7 Å². The molecule has 2 amide bonds. The zero-order valence-electron chi connectivity index (χ0n) is 11.2. The molecule has 8 nitrogen and oxygen atoms in total. The van der Waals surface area contributed by atoms with Crippen LogP contribution in [0.3, 0.4) is 0 Å². The van der Waals surface area contributed by atoms with Gasteiger partial charge in [0.15, 0.2) is 6.10 Å². The predicted molar refractivity (Wildman–Crippen MR) is 68.5 cm³/mol. The molecule has 0 aromatic heterocycles. The zero-order chi connectivity index (χ0) is 15.1. The molecule has 0 bridgehead atoms. The Morgan fingerprint density at radius 2 is 1.60 bits per heavy atom. The van der Waals surface area contributed by atoms with Crippen molar-refractivity contribution in [3.8, 4) is 0 Å². The monoisotopic (exact) mass is 290 g/mol. The number of rotatable bonds is 0. The Morgan fingerprint density at radius 3 is 2.30 bits per heavy atom. The summed E-state index contributed by atoms with van der Waals surface area (Å²) in [5, 5.41) is 43.3. The van der Waals surface area contributed by atoms with Crippen LogP contribution in [-0.2, 0) is 9.59 Å². The van der Waals surface area contributed by atoms with E-state index in [0.29, 0.717) is 25.8 Å². The second-order valence-corrected chi connectivity index (χ2v) is 4.90. The third-order valence-corrected chi connectivity index (χ3v) is 3.22. The van der Waals surface area contributed by atoms with Gasteiger partial charge in [0.05, 0.1) is 6.10 Å². The summed E-state index contributed by atoms with van der Waals surface area (Å²) in [6.07, 6.45) is -4.56. The van der Waals surface area contributed by atoms with Crippen LogP contribution in [0.15, 0.2) is 0 Å². The maximum absolute atomic E-state index is 11.5. The molecule has 0 aromatic carbocycles. The third-order valence-electron chi connectivity index (χ3n) is 3.22. The van der Waals surface area contributed by atoms with Crippen LogP contribution in [0.25, 0.3) is 0 Å². The average Bonchev–Trinajstić information content (AvgIpc) is 2.44. The van der Waals surface area contributed by atoms with Crippen molar-refractivity contribution in [3.05, 3.63) is 0 Å². The molecule has 0 aromatic rings. The maximum Gasteiger partial charge on any atom is 0.251 e. The number of β-amino-alcohol motifs (C(OH)–C–C–N with tert-alkyl or cyclic N) is 1. The van der Waals surface area contributed by atoms with E-state index in [1.54, 1.807) is 0 Å². The molecule has 1 fully saturated rings. The minimum Gasteiger partial charge on any atom is -0.388 e. The standard InChI is InChI=1S/C12H22N2O6/c15-7-6-14-8(16)4-2-1-3-5-13-12(20)11(19)10(18)9(7)17/h7,9-11,15,17-19H,1-6H2,(H,13,20)(H,14,16). The van der Waals surface area contributed by atoms with E-state index in [2.05, 4.69) is 10.6 Å². The molecule has 1 rings (SSSR count). The molecular formula is C12H22N2O6. The number of hydrogen-bond donors (Lipinski definition) is 6. The SMILES string of the molecule is O=C1CCCCCNC(=O)C(O)C(O)C(O)C(O)CN1. The van der Waals surface area contributed by atoms with Gasteiger partial charge >= 0.3 is 0 Å². The quantitative estimate of drug-likeness (QED) is 0.286. The highest BCUT2D eigenvalue weighted by Crippen LogP contribution is 2.07. The maximum atomic E-state index is 11.5. The van der Waals surface area contributed by atoms with Crippen molar-refractivity contribution in [3.63, 3.8) is 0 Å². The lowest BCUT2D eigenvalue weighted by Gasteiger charge is -2.26. The van der Waals surface area contributed by atoms with Crippen LogP contribution < -0.4 is 10.6 Å². The summed E-state index contributed by atoms with van der Waals surface area (Å²) in [4.78, 5) is 22.9.